The van der Waals surface area contributed by atoms with E-state index < -0.39 is 23.5 Å². The number of hydrogen-bond acceptors (Lipinski definition) is 8. The summed E-state index contributed by atoms with van der Waals surface area (Å²) in [6.07, 6.45) is -0.642. The lowest BCUT2D eigenvalue weighted by atomic mass is 9.84. The van der Waals surface area contributed by atoms with Gasteiger partial charge in [0.2, 0.25) is 0 Å². The lowest BCUT2D eigenvalue weighted by Crippen LogP contribution is -2.31. The molecule has 0 saturated heterocycles. The van der Waals surface area contributed by atoms with Gasteiger partial charge in [-0.3, -0.25) is 9.78 Å². The highest BCUT2D eigenvalue weighted by Crippen LogP contribution is 2.30. The van der Waals surface area contributed by atoms with E-state index in [4.69, 9.17) is 19.2 Å². The van der Waals surface area contributed by atoms with Gasteiger partial charge in [0.05, 0.1) is 0 Å². The largest absolute Gasteiger partial charge is 0.541 e. The zero-order chi connectivity index (χ0) is 23.6. The maximum atomic E-state index is 11.5. The highest BCUT2D eigenvalue weighted by atomic mass is 17.2. The molecule has 0 heterocycles. The van der Waals surface area contributed by atoms with Crippen molar-refractivity contribution in [2.45, 2.75) is 93.3 Å². The van der Waals surface area contributed by atoms with Crippen LogP contribution in [0, 0.1) is 22.7 Å². The summed E-state index contributed by atoms with van der Waals surface area (Å²) in [5.74, 6) is 5.02. The second-order valence-corrected chi connectivity index (χ2v) is 10.8. The van der Waals surface area contributed by atoms with Crippen molar-refractivity contribution < 1.29 is 38.6 Å². The van der Waals surface area contributed by atoms with Crippen LogP contribution in [-0.4, -0.2) is 36.7 Å². The average molecular weight is 431 g/mol. The van der Waals surface area contributed by atoms with Crippen LogP contribution in [0.2, 0.25) is 0 Å². The summed E-state index contributed by atoms with van der Waals surface area (Å²) in [4.78, 5) is 42.6. The predicted octanol–water partition coefficient (Wildman–Crippen LogP) is 5.59. The summed E-state index contributed by atoms with van der Waals surface area (Å²) in [5.41, 5.74) is -1.28. The average Bonchev–Trinajstić information content (AvgIpc) is 2.50. The Morgan fingerprint density at radius 3 is 1.17 bits per heavy atom. The minimum atomic E-state index is -0.999. The van der Waals surface area contributed by atoms with Crippen LogP contribution in [0.4, 0.5) is 9.59 Å². The lowest BCUT2D eigenvalue weighted by Gasteiger charge is -2.30. The van der Waals surface area contributed by atoms with E-state index in [0.717, 1.165) is 0 Å². The Morgan fingerprint density at radius 2 is 0.900 bits per heavy atom. The maximum Gasteiger partial charge on any atom is 0.541 e. The van der Waals surface area contributed by atoms with Crippen LogP contribution in [0.25, 0.3) is 0 Å². The zero-order valence-electron chi connectivity index (χ0n) is 20.1. The third-order valence-electron chi connectivity index (χ3n) is 3.23. The van der Waals surface area contributed by atoms with Crippen LogP contribution >= 0.6 is 0 Å². The van der Waals surface area contributed by atoms with Gasteiger partial charge in [0.15, 0.2) is 13.2 Å². The highest BCUT2D eigenvalue weighted by Gasteiger charge is 2.30. The van der Waals surface area contributed by atoms with Crippen LogP contribution in [0.1, 0.15) is 82.1 Å². The van der Waals surface area contributed by atoms with Crippen molar-refractivity contribution in [2.24, 2.45) is 10.8 Å². The lowest BCUT2D eigenvalue weighted by molar-refractivity contribution is -0.322. The quantitative estimate of drug-likeness (QED) is 0.213. The molecule has 0 fully saturated rings. The molecule has 0 aliphatic heterocycles. The summed E-state index contributed by atoms with van der Waals surface area (Å²) in [6.45, 7) is 19.1. The van der Waals surface area contributed by atoms with E-state index in [9.17, 15) is 9.59 Å². The number of ether oxygens (including phenoxy) is 2. The minimum Gasteiger partial charge on any atom is -0.419 e. The van der Waals surface area contributed by atoms with Gasteiger partial charge in [-0.25, -0.2) is 9.59 Å². The Labute approximate surface area is 180 Å². The summed E-state index contributed by atoms with van der Waals surface area (Å²) in [6, 6.07) is 0. The van der Waals surface area contributed by atoms with Gasteiger partial charge in [-0.15, -0.1) is 0 Å². The van der Waals surface area contributed by atoms with E-state index in [1.807, 2.05) is 27.7 Å². The fourth-order valence-corrected chi connectivity index (χ4v) is 3.25. The normalized spacial score (nSPS) is 12.5. The molecule has 0 aromatic heterocycles. The molecule has 0 aliphatic carbocycles. The van der Waals surface area contributed by atoms with Gasteiger partial charge in [0.25, 0.3) is 0 Å². The molecule has 0 aromatic rings. The first-order valence-electron chi connectivity index (χ1n) is 9.91. The van der Waals surface area contributed by atoms with E-state index in [-0.39, 0.29) is 24.0 Å². The Morgan fingerprint density at radius 1 is 0.600 bits per heavy atom. The van der Waals surface area contributed by atoms with E-state index in [1.54, 1.807) is 0 Å². The van der Waals surface area contributed by atoms with Crippen LogP contribution in [0.15, 0.2) is 0 Å². The van der Waals surface area contributed by atoms with Crippen molar-refractivity contribution in [3.05, 3.63) is 0 Å². The van der Waals surface area contributed by atoms with Gasteiger partial charge in [-0.05, 0) is 51.4 Å². The Balaban J connectivity index is 4.06. The van der Waals surface area contributed by atoms with Gasteiger partial charge in [-0.2, -0.15) is 9.78 Å². The summed E-state index contributed by atoms with van der Waals surface area (Å²) in [7, 11) is 0. The van der Waals surface area contributed by atoms with Gasteiger partial charge < -0.3 is 9.47 Å². The number of carbonyl (C=O) groups excluding carboxylic acids is 2. The van der Waals surface area contributed by atoms with E-state index in [2.05, 4.69) is 63.2 Å². The molecule has 0 saturated carbocycles. The van der Waals surface area contributed by atoms with Crippen molar-refractivity contribution in [3.8, 4) is 11.8 Å². The molecule has 0 rings (SSSR count). The molecule has 0 unspecified atom stereocenters. The molecule has 0 spiro atoms. The summed E-state index contributed by atoms with van der Waals surface area (Å²) < 4.78 is 9.51. The fourth-order valence-electron chi connectivity index (χ4n) is 3.25. The third-order valence-corrected chi connectivity index (χ3v) is 3.23. The molecule has 8 nitrogen and oxygen atoms in total. The Bertz CT molecular complexity index is 560. The van der Waals surface area contributed by atoms with Crippen LogP contribution in [0.5, 0.6) is 0 Å². The summed E-state index contributed by atoms with van der Waals surface area (Å²) >= 11 is 0. The molecule has 0 atom stereocenters. The van der Waals surface area contributed by atoms with Crippen molar-refractivity contribution in [1.82, 2.24) is 0 Å². The van der Waals surface area contributed by atoms with Gasteiger partial charge in [-0.1, -0.05) is 53.4 Å². The topological polar surface area (TPSA) is 89.5 Å². The smallest absolute Gasteiger partial charge is 0.419 e. The molecular weight excluding hydrogens is 392 g/mol. The molecule has 30 heavy (non-hydrogen) atoms. The molecule has 0 radical (unpaired) electrons. The second kappa shape index (κ2) is 11.4. The highest BCUT2D eigenvalue weighted by molar-refractivity contribution is 5.59. The molecule has 174 valence electrons. The molecule has 0 bridgehead atoms. The van der Waals surface area contributed by atoms with Crippen molar-refractivity contribution in [1.29, 1.82) is 0 Å². The number of hydrogen-bond donors (Lipinski definition) is 0. The molecular formula is C22H38O8. The number of carbonyl (C=O) groups is 2. The molecule has 0 amide bonds. The van der Waals surface area contributed by atoms with E-state index in [1.165, 1.54) is 0 Å². The first-order chi connectivity index (χ1) is 13.4. The van der Waals surface area contributed by atoms with Crippen LogP contribution < -0.4 is 0 Å². The SMILES string of the molecule is CC(C)(C)CC(C)(C)OOC(=O)OCC#CCOC(=O)OOC(C)(C)CC(C)(C)C. The van der Waals surface area contributed by atoms with Gasteiger partial charge >= 0.3 is 12.3 Å². The first kappa shape index (κ1) is 28.0. The Kier molecular flexibility index (Phi) is 10.7. The van der Waals surface area contributed by atoms with Gasteiger partial charge in [0.1, 0.15) is 11.2 Å². The summed E-state index contributed by atoms with van der Waals surface area (Å²) in [5, 5.41) is 0. The monoisotopic (exact) mass is 430 g/mol. The molecule has 0 N–H and O–H groups in total. The minimum absolute atomic E-state index is 0.0107. The van der Waals surface area contributed by atoms with Crippen LogP contribution in [0.3, 0.4) is 0 Å². The molecule has 0 aromatic carbocycles. The molecule has 0 aliphatic rings. The molecule has 8 heteroatoms. The van der Waals surface area contributed by atoms with Crippen LogP contribution in [-0.2, 0) is 29.0 Å². The Hall–Kier alpha value is -1.98. The fraction of sp³-hybridized carbons (Fsp3) is 0.818. The standard InChI is InChI=1S/C22H38O8/c1-19(2,3)15-21(7,8)29-27-17(23)25-13-11-12-14-26-18(24)28-30-22(9,10)16-20(4,5)6/h13-16H2,1-10H3. The number of rotatable bonds is 8. The third kappa shape index (κ3) is 16.9. The first-order valence-corrected chi connectivity index (χ1v) is 9.91. The zero-order valence-corrected chi connectivity index (χ0v) is 20.1. The van der Waals surface area contributed by atoms with Crippen molar-refractivity contribution in [3.63, 3.8) is 0 Å². The second-order valence-electron chi connectivity index (χ2n) is 10.8. The predicted molar refractivity (Wildman–Crippen MR) is 111 cm³/mol. The maximum absolute atomic E-state index is 11.5. The van der Waals surface area contributed by atoms with Gasteiger partial charge in [0, 0.05) is 0 Å². The van der Waals surface area contributed by atoms with E-state index >= 15 is 0 Å². The van der Waals surface area contributed by atoms with E-state index in [0.29, 0.717) is 12.8 Å². The van der Waals surface area contributed by atoms with Crippen molar-refractivity contribution >= 4 is 12.3 Å². The van der Waals surface area contributed by atoms with Crippen molar-refractivity contribution in [2.75, 3.05) is 13.2 Å².